The zero-order chi connectivity index (χ0) is 14.0. The van der Waals surface area contributed by atoms with Crippen LogP contribution in [0.5, 0.6) is 5.75 Å². The molecule has 1 aromatic carbocycles. The van der Waals surface area contributed by atoms with Gasteiger partial charge in [-0.1, -0.05) is 0 Å². The van der Waals surface area contributed by atoms with Gasteiger partial charge in [0, 0.05) is 10.1 Å². The number of rotatable bonds is 2. The second kappa shape index (κ2) is 6.28. The number of amides is 1. The number of phenolic OH excluding ortho intramolecular Hbond substituents is 1. The first-order chi connectivity index (χ1) is 9.02. The van der Waals surface area contributed by atoms with Crippen LogP contribution >= 0.6 is 34.2 Å². The summed E-state index contributed by atoms with van der Waals surface area (Å²) < 4.78 is 6.43. The molecule has 0 aliphatic carbocycles. The number of aromatic hydroxyl groups is 1. The zero-order valence-corrected chi connectivity index (χ0v) is 13.4. The van der Waals surface area contributed by atoms with Crippen molar-refractivity contribution in [2.45, 2.75) is 19.1 Å². The molecular formula is C13H15ClINO3. The average Bonchev–Trinajstić information content (AvgIpc) is 2.41. The van der Waals surface area contributed by atoms with Crippen molar-refractivity contribution in [3.63, 3.8) is 0 Å². The van der Waals surface area contributed by atoms with Gasteiger partial charge in [-0.2, -0.15) is 0 Å². The summed E-state index contributed by atoms with van der Waals surface area (Å²) in [5.41, 5.74) is 0.328. The van der Waals surface area contributed by atoms with E-state index in [4.69, 9.17) is 16.3 Å². The maximum atomic E-state index is 12.5. The second-order valence-electron chi connectivity index (χ2n) is 4.58. The maximum Gasteiger partial charge on any atom is 0.258 e. The lowest BCUT2D eigenvalue weighted by molar-refractivity contribution is -0.0372. The number of carbonyl (C=O) groups excluding carboxylic acids is 1. The van der Waals surface area contributed by atoms with Crippen molar-refractivity contribution in [2.75, 3.05) is 19.0 Å². The van der Waals surface area contributed by atoms with E-state index in [2.05, 4.69) is 22.6 Å². The van der Waals surface area contributed by atoms with Crippen LogP contribution in [0, 0.1) is 3.57 Å². The molecule has 1 aliphatic heterocycles. The fourth-order valence-corrected chi connectivity index (χ4v) is 2.71. The third kappa shape index (κ3) is 3.32. The SMILES string of the molecule is CC1COC(CCl)CN1C(=O)c1cc(I)ccc1O. The van der Waals surface area contributed by atoms with Crippen LogP contribution in [0.25, 0.3) is 0 Å². The van der Waals surface area contributed by atoms with Crippen LogP contribution in [-0.4, -0.2) is 47.1 Å². The number of hydrogen-bond donors (Lipinski definition) is 1. The molecule has 104 valence electrons. The Morgan fingerprint density at radius 3 is 3.05 bits per heavy atom. The number of phenols is 1. The van der Waals surface area contributed by atoms with E-state index < -0.39 is 0 Å². The lowest BCUT2D eigenvalue weighted by Crippen LogP contribution is -2.51. The first kappa shape index (κ1) is 14.9. The second-order valence-corrected chi connectivity index (χ2v) is 6.13. The summed E-state index contributed by atoms with van der Waals surface area (Å²) >= 11 is 7.90. The van der Waals surface area contributed by atoms with E-state index in [9.17, 15) is 9.90 Å². The summed E-state index contributed by atoms with van der Waals surface area (Å²) in [6, 6.07) is 4.97. The fraction of sp³-hybridized carbons (Fsp3) is 0.462. The molecule has 2 atom stereocenters. The molecule has 1 amide bonds. The lowest BCUT2D eigenvalue weighted by atomic mass is 10.1. The van der Waals surface area contributed by atoms with Crippen molar-refractivity contribution in [1.29, 1.82) is 0 Å². The molecular weight excluding hydrogens is 381 g/mol. The number of ether oxygens (including phenoxy) is 1. The molecule has 1 aliphatic rings. The first-order valence-corrected chi connectivity index (χ1v) is 7.61. The number of morpholine rings is 1. The number of hydrogen-bond acceptors (Lipinski definition) is 3. The Hall–Kier alpha value is -0.530. The fourth-order valence-electron chi connectivity index (χ4n) is 2.03. The van der Waals surface area contributed by atoms with E-state index in [1.165, 1.54) is 0 Å². The third-order valence-electron chi connectivity index (χ3n) is 3.13. The van der Waals surface area contributed by atoms with Crippen LogP contribution in [0.4, 0.5) is 0 Å². The standard InChI is InChI=1S/C13H15ClINO3/c1-8-7-19-10(5-14)6-16(8)13(18)11-4-9(15)2-3-12(11)17/h2-4,8,10,17H,5-7H2,1H3. The monoisotopic (exact) mass is 395 g/mol. The minimum absolute atomic E-state index is 0.00605. The van der Waals surface area contributed by atoms with Gasteiger partial charge in [-0.25, -0.2) is 0 Å². The predicted octanol–water partition coefficient (Wildman–Crippen LogP) is 2.47. The largest absolute Gasteiger partial charge is 0.507 e. The van der Waals surface area contributed by atoms with Crippen molar-refractivity contribution in [1.82, 2.24) is 4.90 Å². The number of nitrogens with zero attached hydrogens (tertiary/aromatic N) is 1. The van der Waals surface area contributed by atoms with E-state index in [-0.39, 0.29) is 23.8 Å². The molecule has 1 fully saturated rings. The number of carbonyl (C=O) groups is 1. The summed E-state index contributed by atoms with van der Waals surface area (Å²) in [6.45, 7) is 2.84. The van der Waals surface area contributed by atoms with Crippen LogP contribution in [0.2, 0.25) is 0 Å². The van der Waals surface area contributed by atoms with E-state index in [0.29, 0.717) is 24.6 Å². The summed E-state index contributed by atoms with van der Waals surface area (Å²) in [4.78, 5) is 14.2. The van der Waals surface area contributed by atoms with E-state index in [1.807, 2.05) is 6.92 Å². The Morgan fingerprint density at radius 1 is 1.63 bits per heavy atom. The molecule has 1 saturated heterocycles. The molecule has 0 spiro atoms. The maximum absolute atomic E-state index is 12.5. The molecule has 2 rings (SSSR count). The minimum Gasteiger partial charge on any atom is -0.507 e. The van der Waals surface area contributed by atoms with Crippen molar-refractivity contribution < 1.29 is 14.6 Å². The molecule has 19 heavy (non-hydrogen) atoms. The molecule has 1 N–H and O–H groups in total. The van der Waals surface area contributed by atoms with Crippen molar-refractivity contribution >= 4 is 40.1 Å². The van der Waals surface area contributed by atoms with Gasteiger partial charge in [0.25, 0.3) is 5.91 Å². The normalized spacial score (nSPS) is 23.4. The van der Waals surface area contributed by atoms with Gasteiger partial charge >= 0.3 is 0 Å². The Balaban J connectivity index is 2.24. The number of alkyl halides is 1. The Morgan fingerprint density at radius 2 is 2.37 bits per heavy atom. The molecule has 6 heteroatoms. The average molecular weight is 396 g/mol. The minimum atomic E-state index is -0.179. The van der Waals surface area contributed by atoms with Gasteiger partial charge < -0.3 is 14.7 Å². The van der Waals surface area contributed by atoms with Crippen LogP contribution in [0.3, 0.4) is 0 Å². The van der Waals surface area contributed by atoms with Crippen molar-refractivity contribution in [2.24, 2.45) is 0 Å². The van der Waals surface area contributed by atoms with Gasteiger partial charge in [0.15, 0.2) is 0 Å². The zero-order valence-electron chi connectivity index (χ0n) is 10.5. The molecule has 0 bridgehead atoms. The first-order valence-electron chi connectivity index (χ1n) is 6.00. The number of benzene rings is 1. The molecule has 0 radical (unpaired) electrons. The summed E-state index contributed by atoms with van der Waals surface area (Å²) in [6.07, 6.45) is -0.147. The van der Waals surface area contributed by atoms with E-state index >= 15 is 0 Å². The Labute approximate surface area is 130 Å². The predicted molar refractivity (Wildman–Crippen MR) is 81.8 cm³/mol. The summed E-state index contributed by atoms with van der Waals surface area (Å²) in [5, 5.41) is 9.84. The smallest absolute Gasteiger partial charge is 0.258 e. The van der Waals surface area contributed by atoms with Gasteiger partial charge in [0.05, 0.1) is 30.2 Å². The van der Waals surface area contributed by atoms with Crippen LogP contribution in [-0.2, 0) is 4.74 Å². The highest BCUT2D eigenvalue weighted by atomic mass is 127. The summed E-state index contributed by atoms with van der Waals surface area (Å²) in [7, 11) is 0. The third-order valence-corrected chi connectivity index (χ3v) is 4.14. The highest BCUT2D eigenvalue weighted by Crippen LogP contribution is 2.24. The quantitative estimate of drug-likeness (QED) is 0.618. The van der Waals surface area contributed by atoms with Crippen molar-refractivity contribution in [3.8, 4) is 5.75 Å². The molecule has 1 heterocycles. The molecule has 0 saturated carbocycles. The topological polar surface area (TPSA) is 49.8 Å². The Bertz CT molecular complexity index is 483. The van der Waals surface area contributed by atoms with E-state index in [0.717, 1.165) is 3.57 Å². The van der Waals surface area contributed by atoms with Crippen LogP contribution in [0.1, 0.15) is 17.3 Å². The van der Waals surface area contributed by atoms with Crippen LogP contribution < -0.4 is 0 Å². The van der Waals surface area contributed by atoms with Gasteiger partial charge in [0.1, 0.15) is 5.75 Å². The highest BCUT2D eigenvalue weighted by Gasteiger charge is 2.30. The Kier molecular flexibility index (Phi) is 4.92. The highest BCUT2D eigenvalue weighted by molar-refractivity contribution is 14.1. The molecule has 4 nitrogen and oxygen atoms in total. The van der Waals surface area contributed by atoms with Gasteiger partial charge in [-0.05, 0) is 47.7 Å². The van der Waals surface area contributed by atoms with Gasteiger partial charge in [-0.3, -0.25) is 4.79 Å². The van der Waals surface area contributed by atoms with Crippen molar-refractivity contribution in [3.05, 3.63) is 27.3 Å². The molecule has 2 unspecified atom stereocenters. The summed E-state index contributed by atoms with van der Waals surface area (Å²) in [5.74, 6) is 0.183. The van der Waals surface area contributed by atoms with E-state index in [1.54, 1.807) is 23.1 Å². The number of halogens is 2. The van der Waals surface area contributed by atoms with Crippen LogP contribution in [0.15, 0.2) is 18.2 Å². The molecule has 1 aromatic rings. The van der Waals surface area contributed by atoms with Gasteiger partial charge in [0.2, 0.25) is 0 Å². The molecule has 0 aromatic heterocycles. The van der Waals surface area contributed by atoms with Gasteiger partial charge in [-0.15, -0.1) is 11.6 Å². The lowest BCUT2D eigenvalue weighted by Gasteiger charge is -2.37.